The van der Waals surface area contributed by atoms with Crippen LogP contribution < -0.4 is 4.74 Å². The largest absolute Gasteiger partial charge is 0.480 e. The highest BCUT2D eigenvalue weighted by molar-refractivity contribution is 5.82. The highest BCUT2D eigenvalue weighted by atomic mass is 16.5. The third-order valence-corrected chi connectivity index (χ3v) is 4.52. The summed E-state index contributed by atoms with van der Waals surface area (Å²) >= 11 is 0. The van der Waals surface area contributed by atoms with Crippen LogP contribution in [0.5, 0.6) is 5.75 Å². The van der Waals surface area contributed by atoms with Gasteiger partial charge in [0.25, 0.3) is 5.91 Å². The molecule has 1 saturated carbocycles. The van der Waals surface area contributed by atoms with Crippen molar-refractivity contribution < 1.29 is 9.53 Å². The lowest BCUT2D eigenvalue weighted by molar-refractivity contribution is -0.141. The van der Waals surface area contributed by atoms with Crippen molar-refractivity contribution in [2.75, 3.05) is 7.05 Å². The van der Waals surface area contributed by atoms with Crippen LogP contribution in [0.2, 0.25) is 0 Å². The Morgan fingerprint density at radius 2 is 1.91 bits per heavy atom. The zero-order valence-electron chi connectivity index (χ0n) is 13.6. The van der Waals surface area contributed by atoms with Crippen molar-refractivity contribution in [3.05, 3.63) is 29.8 Å². The summed E-state index contributed by atoms with van der Waals surface area (Å²) in [6, 6.07) is 11.2. The molecule has 1 fully saturated rings. The first-order chi connectivity index (χ1) is 11.0. The second-order valence-electron chi connectivity index (χ2n) is 5.97. The van der Waals surface area contributed by atoms with E-state index >= 15 is 0 Å². The van der Waals surface area contributed by atoms with E-state index in [0.29, 0.717) is 24.2 Å². The molecule has 1 aliphatic rings. The normalized spacial score (nSPS) is 17.4. The van der Waals surface area contributed by atoms with Crippen LogP contribution >= 0.6 is 0 Å². The van der Waals surface area contributed by atoms with E-state index in [1.165, 1.54) is 4.90 Å². The molecule has 1 unspecified atom stereocenters. The minimum absolute atomic E-state index is 0.235. The van der Waals surface area contributed by atoms with Crippen molar-refractivity contribution in [2.24, 2.45) is 0 Å². The molecule has 5 nitrogen and oxygen atoms in total. The van der Waals surface area contributed by atoms with Crippen LogP contribution in [0.1, 0.15) is 44.6 Å². The molecule has 5 heteroatoms. The van der Waals surface area contributed by atoms with E-state index in [4.69, 9.17) is 10.00 Å². The predicted octanol–water partition coefficient (Wildman–Crippen LogP) is 3.01. The Labute approximate surface area is 137 Å². The monoisotopic (exact) mass is 311 g/mol. The summed E-state index contributed by atoms with van der Waals surface area (Å²) in [5.74, 6) is 0.153. The van der Waals surface area contributed by atoms with E-state index in [1.807, 2.05) is 6.07 Å². The Hall–Kier alpha value is -2.53. The van der Waals surface area contributed by atoms with E-state index in [0.717, 1.165) is 19.3 Å². The average molecular weight is 311 g/mol. The highest BCUT2D eigenvalue weighted by Crippen LogP contribution is 2.33. The minimum atomic E-state index is -0.748. The maximum atomic E-state index is 12.7. The summed E-state index contributed by atoms with van der Waals surface area (Å²) in [6.45, 7) is 1.65. The molecule has 0 spiro atoms. The van der Waals surface area contributed by atoms with Crippen molar-refractivity contribution in [2.45, 2.75) is 50.7 Å². The predicted molar refractivity (Wildman–Crippen MR) is 85.4 cm³/mol. The zero-order chi connectivity index (χ0) is 16.9. The van der Waals surface area contributed by atoms with E-state index < -0.39 is 11.6 Å². The van der Waals surface area contributed by atoms with Crippen molar-refractivity contribution in [1.82, 2.24) is 4.90 Å². The van der Waals surface area contributed by atoms with Gasteiger partial charge in [0.15, 0.2) is 6.10 Å². The molecule has 2 rings (SSSR count). The quantitative estimate of drug-likeness (QED) is 0.856. The molecule has 1 atom stereocenters. The molecule has 0 aliphatic heterocycles. The smallest absolute Gasteiger partial charge is 0.264 e. The standard InChI is InChI=1S/C18H21N3O2/c1-14(23-16-9-5-4-8-15(16)12-19)17(22)21(2)18(13-20)10-6-3-7-11-18/h4-5,8-9,14H,3,6-7,10-11H2,1-2H3. The Morgan fingerprint density at radius 3 is 2.52 bits per heavy atom. The summed E-state index contributed by atoms with van der Waals surface area (Å²) in [6.07, 6.45) is 3.67. The fourth-order valence-electron chi connectivity index (χ4n) is 3.05. The molecule has 0 bridgehead atoms. The molecular weight excluding hydrogens is 290 g/mol. The van der Waals surface area contributed by atoms with Gasteiger partial charge in [-0.25, -0.2) is 0 Å². The van der Waals surface area contributed by atoms with Crippen molar-refractivity contribution >= 4 is 5.91 Å². The fraction of sp³-hybridized carbons (Fsp3) is 0.500. The van der Waals surface area contributed by atoms with Crippen molar-refractivity contribution in [1.29, 1.82) is 10.5 Å². The topological polar surface area (TPSA) is 77.1 Å². The van der Waals surface area contributed by atoms with Gasteiger partial charge in [0.05, 0.1) is 11.6 Å². The molecular formula is C18H21N3O2. The van der Waals surface area contributed by atoms with Gasteiger partial charge in [-0.05, 0) is 31.9 Å². The van der Waals surface area contributed by atoms with Crippen LogP contribution in [-0.2, 0) is 4.79 Å². The van der Waals surface area contributed by atoms with Gasteiger partial charge >= 0.3 is 0 Å². The molecule has 0 saturated heterocycles. The number of rotatable bonds is 4. The van der Waals surface area contributed by atoms with Gasteiger partial charge in [-0.15, -0.1) is 0 Å². The number of hydrogen-bond donors (Lipinski definition) is 0. The summed E-state index contributed by atoms with van der Waals surface area (Å²) in [5, 5.41) is 18.7. The van der Waals surface area contributed by atoms with Crippen LogP contribution in [0.4, 0.5) is 0 Å². The lowest BCUT2D eigenvalue weighted by Crippen LogP contribution is -2.53. The summed E-state index contributed by atoms with van der Waals surface area (Å²) in [7, 11) is 1.67. The van der Waals surface area contributed by atoms with Crippen molar-refractivity contribution in [3.63, 3.8) is 0 Å². The number of nitrogens with zero attached hydrogens (tertiary/aromatic N) is 3. The molecule has 1 aromatic carbocycles. The first kappa shape index (κ1) is 16.8. The van der Waals surface area contributed by atoms with Gasteiger partial charge in [-0.1, -0.05) is 31.4 Å². The number of ether oxygens (including phenoxy) is 1. The van der Waals surface area contributed by atoms with Gasteiger partial charge in [0.1, 0.15) is 17.4 Å². The number of benzene rings is 1. The van der Waals surface area contributed by atoms with Crippen LogP contribution in [-0.4, -0.2) is 29.5 Å². The average Bonchev–Trinajstić information content (AvgIpc) is 2.61. The number of carbonyl (C=O) groups is 1. The summed E-state index contributed by atoms with van der Waals surface area (Å²) in [5.41, 5.74) is -0.343. The maximum Gasteiger partial charge on any atom is 0.264 e. The van der Waals surface area contributed by atoms with Crippen LogP contribution in [0.25, 0.3) is 0 Å². The zero-order valence-corrected chi connectivity index (χ0v) is 13.6. The fourth-order valence-corrected chi connectivity index (χ4v) is 3.05. The Balaban J connectivity index is 2.13. The molecule has 0 aromatic heterocycles. The third kappa shape index (κ3) is 3.46. The van der Waals surface area contributed by atoms with Gasteiger partial charge in [0, 0.05) is 7.05 Å². The number of nitriles is 2. The van der Waals surface area contributed by atoms with Crippen LogP contribution in [0.3, 0.4) is 0 Å². The first-order valence-corrected chi connectivity index (χ1v) is 7.89. The lowest BCUT2D eigenvalue weighted by Gasteiger charge is -2.40. The molecule has 0 heterocycles. The number of amides is 1. The first-order valence-electron chi connectivity index (χ1n) is 7.89. The van der Waals surface area contributed by atoms with Gasteiger partial charge in [0.2, 0.25) is 0 Å². The number of para-hydroxylation sites is 1. The summed E-state index contributed by atoms with van der Waals surface area (Å²) in [4.78, 5) is 14.2. The molecule has 1 amide bonds. The van der Waals surface area contributed by atoms with Gasteiger partial charge < -0.3 is 9.64 Å². The van der Waals surface area contributed by atoms with Crippen molar-refractivity contribution in [3.8, 4) is 17.9 Å². The second kappa shape index (κ2) is 7.15. The van der Waals surface area contributed by atoms with E-state index in [-0.39, 0.29) is 5.91 Å². The van der Waals surface area contributed by atoms with Gasteiger partial charge in [-0.3, -0.25) is 4.79 Å². The molecule has 1 aromatic rings. The Kier molecular flexibility index (Phi) is 5.24. The molecule has 0 radical (unpaired) electrons. The third-order valence-electron chi connectivity index (χ3n) is 4.52. The molecule has 0 N–H and O–H groups in total. The second-order valence-corrected chi connectivity index (χ2v) is 5.97. The Bertz CT molecular complexity index is 651. The lowest BCUT2D eigenvalue weighted by atomic mass is 9.81. The number of hydrogen-bond acceptors (Lipinski definition) is 4. The van der Waals surface area contributed by atoms with Crippen LogP contribution in [0.15, 0.2) is 24.3 Å². The molecule has 1 aliphatic carbocycles. The van der Waals surface area contributed by atoms with E-state index in [2.05, 4.69) is 6.07 Å². The highest BCUT2D eigenvalue weighted by Gasteiger charge is 2.40. The minimum Gasteiger partial charge on any atom is -0.480 e. The maximum absolute atomic E-state index is 12.7. The van der Waals surface area contributed by atoms with E-state index in [9.17, 15) is 10.1 Å². The van der Waals surface area contributed by atoms with Gasteiger partial charge in [-0.2, -0.15) is 10.5 Å². The molecule has 120 valence electrons. The summed E-state index contributed by atoms with van der Waals surface area (Å²) < 4.78 is 5.68. The van der Waals surface area contributed by atoms with Crippen LogP contribution in [0, 0.1) is 22.7 Å². The number of carbonyl (C=O) groups excluding carboxylic acids is 1. The van der Waals surface area contributed by atoms with E-state index in [1.54, 1.807) is 38.2 Å². The SMILES string of the molecule is CC(Oc1ccccc1C#N)C(=O)N(C)C1(C#N)CCCCC1. The Morgan fingerprint density at radius 1 is 1.26 bits per heavy atom. The molecule has 23 heavy (non-hydrogen) atoms. The number of likely N-dealkylation sites (N-methyl/N-ethyl adjacent to an activating group) is 1.